The Hall–Kier alpha value is -3.29. The number of benzene rings is 2. The summed E-state index contributed by atoms with van der Waals surface area (Å²) in [6.07, 6.45) is 1.64. The molecule has 2 aromatic carbocycles. The van der Waals surface area contributed by atoms with Crippen LogP contribution in [-0.4, -0.2) is 45.6 Å². The van der Waals surface area contributed by atoms with Crippen molar-refractivity contribution in [3.8, 4) is 11.5 Å². The monoisotopic (exact) mass is 545 g/mol. The van der Waals surface area contributed by atoms with Crippen LogP contribution >= 0.6 is 0 Å². The molecule has 7 heteroatoms. The second-order valence-electron chi connectivity index (χ2n) is 10.9. The van der Waals surface area contributed by atoms with Crippen molar-refractivity contribution in [3.05, 3.63) is 76.1 Å². The number of methoxy groups -OCH3 is 2. The summed E-state index contributed by atoms with van der Waals surface area (Å²) in [4.78, 5) is 15.2. The highest BCUT2D eigenvalue weighted by molar-refractivity contribution is 6.69. The molecule has 1 aromatic heterocycles. The van der Waals surface area contributed by atoms with Gasteiger partial charge in [-0.25, -0.2) is 4.98 Å². The summed E-state index contributed by atoms with van der Waals surface area (Å²) in [5.74, 6) is 1.68. The molecule has 0 aliphatic heterocycles. The molecule has 3 rings (SSSR count). The molecule has 39 heavy (non-hydrogen) atoms. The number of nitrogens with zero attached hydrogens (tertiary/aromatic N) is 3. The molecule has 3 aromatic rings. The molecule has 0 spiro atoms. The maximum absolute atomic E-state index is 6.13. The van der Waals surface area contributed by atoms with Crippen LogP contribution in [0.25, 0.3) is 0 Å². The Morgan fingerprint density at radius 3 is 1.74 bits per heavy atom. The Labute approximate surface area is 235 Å². The second kappa shape index (κ2) is 13.2. The van der Waals surface area contributed by atoms with Gasteiger partial charge in [0.2, 0.25) is 0 Å². The average Bonchev–Trinajstić information content (AvgIpc) is 2.88. The maximum Gasteiger partial charge on any atom is 0.183 e. The quantitative estimate of drug-likeness (QED) is 0.138. The fourth-order valence-corrected chi connectivity index (χ4v) is 5.19. The minimum Gasteiger partial charge on any atom is -0.497 e. The van der Waals surface area contributed by atoms with E-state index in [9.17, 15) is 0 Å². The van der Waals surface area contributed by atoms with E-state index < -0.39 is 8.32 Å². The molecule has 0 amide bonds. The first-order valence-electron chi connectivity index (χ1n) is 13.5. The lowest BCUT2D eigenvalue weighted by atomic mass is 10.1. The van der Waals surface area contributed by atoms with Crippen molar-refractivity contribution in [1.82, 2.24) is 4.98 Å². The number of aryl methyl sites for hydroxylation is 4. The van der Waals surface area contributed by atoms with Gasteiger partial charge in [0.1, 0.15) is 11.5 Å². The van der Waals surface area contributed by atoms with Gasteiger partial charge in [-0.3, -0.25) is 9.98 Å². The SMILES string of the molecule is COc1cc(C)c(N=C(C)c2cccc(C(CCCO[Si](C)(C)C)=Nc3c(C)cc(OC)cc3C)n2)c(C)c1. The Morgan fingerprint density at radius 1 is 0.769 bits per heavy atom. The van der Waals surface area contributed by atoms with Crippen molar-refractivity contribution in [2.45, 2.75) is 67.1 Å². The van der Waals surface area contributed by atoms with Gasteiger partial charge in [0, 0.05) is 6.61 Å². The van der Waals surface area contributed by atoms with Crippen molar-refractivity contribution in [3.63, 3.8) is 0 Å². The third-order valence-corrected chi connectivity index (χ3v) is 7.51. The number of aliphatic imine (C=N–C) groups is 2. The highest BCUT2D eigenvalue weighted by atomic mass is 28.4. The molecule has 0 saturated heterocycles. The molecule has 0 aliphatic carbocycles. The molecule has 0 bridgehead atoms. The molecule has 6 nitrogen and oxygen atoms in total. The van der Waals surface area contributed by atoms with Gasteiger partial charge in [0.25, 0.3) is 0 Å². The normalized spacial score (nSPS) is 12.6. The highest BCUT2D eigenvalue weighted by Gasteiger charge is 2.16. The van der Waals surface area contributed by atoms with Crippen LogP contribution in [0.4, 0.5) is 11.4 Å². The minimum atomic E-state index is -1.58. The molecular formula is C32H43N3O3Si. The largest absolute Gasteiger partial charge is 0.497 e. The third-order valence-electron chi connectivity index (χ3n) is 6.44. The zero-order valence-electron chi connectivity index (χ0n) is 25.2. The van der Waals surface area contributed by atoms with Gasteiger partial charge in [-0.15, -0.1) is 0 Å². The smallest absolute Gasteiger partial charge is 0.183 e. The van der Waals surface area contributed by atoms with E-state index in [2.05, 4.69) is 47.3 Å². The van der Waals surface area contributed by atoms with Gasteiger partial charge in [-0.1, -0.05) is 6.07 Å². The summed E-state index contributed by atoms with van der Waals surface area (Å²) >= 11 is 0. The lowest BCUT2D eigenvalue weighted by molar-refractivity contribution is 0.307. The Morgan fingerprint density at radius 2 is 1.26 bits per heavy atom. The van der Waals surface area contributed by atoms with E-state index in [4.69, 9.17) is 28.9 Å². The molecule has 0 N–H and O–H groups in total. The van der Waals surface area contributed by atoms with Crippen molar-refractivity contribution >= 4 is 31.1 Å². The first-order valence-corrected chi connectivity index (χ1v) is 16.9. The van der Waals surface area contributed by atoms with E-state index >= 15 is 0 Å². The summed E-state index contributed by atoms with van der Waals surface area (Å²) in [5.41, 5.74) is 9.66. The standard InChI is InChI=1S/C32H43N3O3Si/c1-21-17-26(36-6)18-22(2)31(21)33-25(5)28-13-11-14-29(34-28)30(15-12-16-38-39(8,9)10)35-32-23(3)19-27(37-7)20-24(32)4/h11,13-14,17-20H,12,15-16H2,1-10H3. The Kier molecular flexibility index (Phi) is 10.2. The molecule has 1 heterocycles. The fraction of sp³-hybridized carbons (Fsp3) is 0.406. The zero-order valence-corrected chi connectivity index (χ0v) is 26.2. The number of rotatable bonds is 11. The van der Waals surface area contributed by atoms with Gasteiger partial charge >= 0.3 is 0 Å². The second-order valence-corrected chi connectivity index (χ2v) is 15.5. The van der Waals surface area contributed by atoms with Crippen LogP contribution in [0.2, 0.25) is 19.6 Å². The van der Waals surface area contributed by atoms with E-state index in [1.165, 1.54) is 0 Å². The highest BCUT2D eigenvalue weighted by Crippen LogP contribution is 2.31. The first kappa shape index (κ1) is 30.3. The van der Waals surface area contributed by atoms with Gasteiger partial charge in [-0.05, 0) is 126 Å². The van der Waals surface area contributed by atoms with Crippen LogP contribution in [0.1, 0.15) is 53.4 Å². The number of hydrogen-bond acceptors (Lipinski definition) is 6. The molecule has 0 unspecified atom stereocenters. The molecule has 0 atom stereocenters. The van der Waals surface area contributed by atoms with Gasteiger partial charge in [0.15, 0.2) is 8.32 Å². The number of ether oxygens (including phenoxy) is 2. The van der Waals surface area contributed by atoms with Crippen LogP contribution in [-0.2, 0) is 4.43 Å². The summed E-state index contributed by atoms with van der Waals surface area (Å²) < 4.78 is 17.0. The molecule has 0 radical (unpaired) electrons. The summed E-state index contributed by atoms with van der Waals surface area (Å²) in [6.45, 7) is 17.6. The number of pyridine rings is 1. The molecule has 0 aliphatic rings. The molecule has 208 valence electrons. The van der Waals surface area contributed by atoms with Crippen molar-refractivity contribution in [1.29, 1.82) is 0 Å². The van der Waals surface area contributed by atoms with Crippen molar-refractivity contribution in [2.24, 2.45) is 9.98 Å². The van der Waals surface area contributed by atoms with Gasteiger partial charge in [0.05, 0.1) is 48.4 Å². The van der Waals surface area contributed by atoms with E-state index in [0.717, 1.165) is 80.8 Å². The van der Waals surface area contributed by atoms with E-state index in [1.54, 1.807) is 14.2 Å². The lowest BCUT2D eigenvalue weighted by Crippen LogP contribution is -2.26. The predicted molar refractivity (Wildman–Crippen MR) is 166 cm³/mol. The van der Waals surface area contributed by atoms with Crippen molar-refractivity contribution < 1.29 is 13.9 Å². The minimum absolute atomic E-state index is 0.714. The average molecular weight is 546 g/mol. The van der Waals surface area contributed by atoms with E-state index in [-0.39, 0.29) is 0 Å². The number of hydrogen-bond donors (Lipinski definition) is 0. The molecule has 0 saturated carbocycles. The Balaban J connectivity index is 2.01. The predicted octanol–water partition coefficient (Wildman–Crippen LogP) is 8.23. The van der Waals surface area contributed by atoms with Crippen molar-refractivity contribution in [2.75, 3.05) is 20.8 Å². The lowest BCUT2D eigenvalue weighted by Gasteiger charge is -2.17. The van der Waals surface area contributed by atoms with Crippen LogP contribution in [0.5, 0.6) is 11.5 Å². The zero-order chi connectivity index (χ0) is 28.7. The molecular weight excluding hydrogens is 502 g/mol. The summed E-state index contributed by atoms with van der Waals surface area (Å²) in [6, 6.07) is 14.1. The topological polar surface area (TPSA) is 65.3 Å². The van der Waals surface area contributed by atoms with Gasteiger partial charge < -0.3 is 13.9 Å². The van der Waals surface area contributed by atoms with E-state index in [1.807, 2.05) is 49.4 Å². The van der Waals surface area contributed by atoms with Crippen LogP contribution < -0.4 is 9.47 Å². The van der Waals surface area contributed by atoms with Crippen LogP contribution in [0.3, 0.4) is 0 Å². The fourth-order valence-electron chi connectivity index (χ4n) is 4.44. The summed E-state index contributed by atoms with van der Waals surface area (Å²) in [7, 11) is 1.79. The van der Waals surface area contributed by atoms with Crippen LogP contribution in [0, 0.1) is 27.7 Å². The Bertz CT molecular complexity index is 1330. The third kappa shape index (κ3) is 8.34. The van der Waals surface area contributed by atoms with Crippen LogP contribution in [0.15, 0.2) is 52.4 Å². The van der Waals surface area contributed by atoms with Gasteiger partial charge in [-0.2, -0.15) is 0 Å². The van der Waals surface area contributed by atoms with E-state index in [0.29, 0.717) is 6.61 Å². The molecule has 0 fully saturated rings. The first-order chi connectivity index (χ1) is 18.4. The maximum atomic E-state index is 6.13. The number of aromatic nitrogens is 1. The summed E-state index contributed by atoms with van der Waals surface area (Å²) in [5, 5.41) is 0.